The molecule has 1 N–H and O–H groups in total. The third-order valence-electron chi connectivity index (χ3n) is 3.56. The Bertz CT molecular complexity index is 430. The first-order valence-corrected chi connectivity index (χ1v) is 7.77. The first-order chi connectivity index (χ1) is 8.77. The van der Waals surface area contributed by atoms with Crippen molar-refractivity contribution in [3.05, 3.63) is 34.9 Å². The van der Waals surface area contributed by atoms with Gasteiger partial charge in [-0.15, -0.1) is 0 Å². The monoisotopic (exact) mass is 345 g/mol. The Morgan fingerprint density at radius 2 is 1.89 bits per heavy atom. The average Bonchev–Trinajstić information content (AvgIpc) is 2.38. The molecule has 0 radical (unpaired) electrons. The highest BCUT2D eigenvalue weighted by Gasteiger charge is 2.32. The lowest BCUT2D eigenvalue weighted by molar-refractivity contribution is -0.122. The molecule has 0 saturated heterocycles. The van der Waals surface area contributed by atoms with Gasteiger partial charge in [-0.05, 0) is 36.5 Å². The lowest BCUT2D eigenvalue weighted by atomic mass is 9.86. The standard InChI is InChI=1S/C15H21BrClNO/c1-5-15(3,4)13(16)14(19)18-10(2)11-6-8-12(17)9-7-11/h6-10,13H,5H2,1-4H3,(H,18,19). The number of rotatable bonds is 5. The van der Waals surface area contributed by atoms with Crippen LogP contribution in [0, 0.1) is 5.41 Å². The van der Waals surface area contributed by atoms with Crippen LogP contribution in [0.5, 0.6) is 0 Å². The number of carbonyl (C=O) groups is 1. The fourth-order valence-corrected chi connectivity index (χ4v) is 2.24. The maximum atomic E-state index is 12.2. The van der Waals surface area contributed by atoms with Crippen molar-refractivity contribution >= 4 is 33.4 Å². The van der Waals surface area contributed by atoms with Crippen molar-refractivity contribution in [2.75, 3.05) is 0 Å². The Hall–Kier alpha value is -0.540. The Labute approximate surface area is 129 Å². The molecule has 106 valence electrons. The number of benzene rings is 1. The zero-order valence-electron chi connectivity index (χ0n) is 11.8. The van der Waals surface area contributed by atoms with Crippen LogP contribution in [0.3, 0.4) is 0 Å². The predicted molar refractivity (Wildman–Crippen MR) is 84.8 cm³/mol. The molecule has 1 aromatic rings. The minimum absolute atomic E-state index is 0.0225. The highest BCUT2D eigenvalue weighted by Crippen LogP contribution is 2.31. The number of alkyl halides is 1. The summed E-state index contributed by atoms with van der Waals surface area (Å²) in [5.41, 5.74) is 0.982. The highest BCUT2D eigenvalue weighted by atomic mass is 79.9. The Kier molecular flexibility index (Phi) is 5.87. The van der Waals surface area contributed by atoms with Gasteiger partial charge in [0.1, 0.15) is 0 Å². The summed E-state index contributed by atoms with van der Waals surface area (Å²) in [5.74, 6) is 0.0225. The molecule has 0 aliphatic carbocycles. The molecule has 0 aliphatic rings. The largest absolute Gasteiger partial charge is 0.349 e. The third kappa shape index (κ3) is 4.50. The summed E-state index contributed by atoms with van der Waals surface area (Å²) < 4.78 is 0. The molecule has 2 nitrogen and oxygen atoms in total. The third-order valence-corrected chi connectivity index (χ3v) is 5.46. The molecule has 19 heavy (non-hydrogen) atoms. The lowest BCUT2D eigenvalue weighted by Crippen LogP contribution is -2.40. The van der Waals surface area contributed by atoms with E-state index in [4.69, 9.17) is 11.6 Å². The predicted octanol–water partition coefficient (Wildman–Crippen LogP) is 4.72. The zero-order chi connectivity index (χ0) is 14.6. The van der Waals surface area contributed by atoms with Crippen molar-refractivity contribution in [1.82, 2.24) is 5.32 Å². The molecular weight excluding hydrogens is 326 g/mol. The molecule has 0 spiro atoms. The van der Waals surface area contributed by atoms with Crippen LogP contribution in [0.15, 0.2) is 24.3 Å². The van der Waals surface area contributed by atoms with Crippen LogP contribution < -0.4 is 5.32 Å². The van der Waals surface area contributed by atoms with E-state index >= 15 is 0 Å². The van der Waals surface area contributed by atoms with E-state index in [1.807, 2.05) is 31.2 Å². The second-order valence-corrected chi connectivity index (χ2v) is 6.84. The lowest BCUT2D eigenvalue weighted by Gasteiger charge is -2.29. The van der Waals surface area contributed by atoms with E-state index in [9.17, 15) is 4.79 Å². The number of nitrogens with one attached hydrogen (secondary N) is 1. The second-order valence-electron chi connectivity index (χ2n) is 5.49. The molecule has 1 aromatic carbocycles. The van der Waals surface area contributed by atoms with Crippen LogP contribution in [0.1, 0.15) is 45.7 Å². The summed E-state index contributed by atoms with van der Waals surface area (Å²) in [6.07, 6.45) is 0.936. The fraction of sp³-hybridized carbons (Fsp3) is 0.533. The van der Waals surface area contributed by atoms with Gasteiger partial charge in [0.2, 0.25) is 5.91 Å². The molecule has 0 saturated carbocycles. The van der Waals surface area contributed by atoms with E-state index < -0.39 is 0 Å². The molecule has 0 bridgehead atoms. The van der Waals surface area contributed by atoms with E-state index in [1.54, 1.807) is 0 Å². The maximum absolute atomic E-state index is 12.2. The van der Waals surface area contributed by atoms with Gasteiger partial charge in [0.25, 0.3) is 0 Å². The summed E-state index contributed by atoms with van der Waals surface area (Å²) in [6.45, 7) is 8.22. The number of hydrogen-bond donors (Lipinski definition) is 1. The highest BCUT2D eigenvalue weighted by molar-refractivity contribution is 9.10. The van der Waals surface area contributed by atoms with Crippen molar-refractivity contribution in [2.45, 2.75) is 45.0 Å². The first-order valence-electron chi connectivity index (χ1n) is 6.48. The van der Waals surface area contributed by atoms with Gasteiger partial charge in [0.05, 0.1) is 10.9 Å². The number of amides is 1. The average molecular weight is 347 g/mol. The summed E-state index contributed by atoms with van der Waals surface area (Å²) in [4.78, 5) is 12.0. The molecule has 4 heteroatoms. The number of halogens is 2. The van der Waals surface area contributed by atoms with Gasteiger partial charge in [0.15, 0.2) is 0 Å². The van der Waals surface area contributed by atoms with Crippen molar-refractivity contribution in [3.63, 3.8) is 0 Å². The van der Waals surface area contributed by atoms with Crippen LogP contribution in [0.25, 0.3) is 0 Å². The summed E-state index contributed by atoms with van der Waals surface area (Å²) >= 11 is 9.36. The van der Waals surface area contributed by atoms with Gasteiger partial charge < -0.3 is 5.32 Å². The maximum Gasteiger partial charge on any atom is 0.234 e. The van der Waals surface area contributed by atoms with E-state index in [1.165, 1.54) is 0 Å². The Morgan fingerprint density at radius 1 is 1.37 bits per heavy atom. The molecule has 2 unspecified atom stereocenters. The van der Waals surface area contributed by atoms with E-state index in [0.29, 0.717) is 5.02 Å². The molecule has 1 amide bonds. The number of carbonyl (C=O) groups excluding carboxylic acids is 1. The van der Waals surface area contributed by atoms with E-state index in [-0.39, 0.29) is 22.2 Å². The Morgan fingerprint density at radius 3 is 2.37 bits per heavy atom. The summed E-state index contributed by atoms with van der Waals surface area (Å²) in [5, 5.41) is 3.73. The van der Waals surface area contributed by atoms with Crippen LogP contribution in [-0.4, -0.2) is 10.7 Å². The van der Waals surface area contributed by atoms with Gasteiger partial charge in [-0.25, -0.2) is 0 Å². The molecular formula is C15H21BrClNO. The summed E-state index contributed by atoms with van der Waals surface area (Å²) in [6, 6.07) is 7.50. The Balaban J connectivity index is 2.69. The van der Waals surface area contributed by atoms with Gasteiger partial charge in [-0.3, -0.25) is 4.79 Å². The van der Waals surface area contributed by atoms with Crippen LogP contribution in [0.4, 0.5) is 0 Å². The minimum Gasteiger partial charge on any atom is -0.349 e. The SMILES string of the molecule is CCC(C)(C)C(Br)C(=O)NC(C)c1ccc(Cl)cc1. The van der Waals surface area contributed by atoms with Gasteiger partial charge in [-0.2, -0.15) is 0 Å². The van der Waals surface area contributed by atoms with Gasteiger partial charge in [-0.1, -0.05) is 60.4 Å². The normalized spacial score (nSPS) is 14.8. The smallest absolute Gasteiger partial charge is 0.234 e. The van der Waals surface area contributed by atoms with Crippen molar-refractivity contribution in [1.29, 1.82) is 0 Å². The zero-order valence-corrected chi connectivity index (χ0v) is 14.2. The molecule has 0 aliphatic heterocycles. The fourth-order valence-electron chi connectivity index (χ4n) is 1.66. The van der Waals surface area contributed by atoms with Crippen molar-refractivity contribution < 1.29 is 4.79 Å². The van der Waals surface area contributed by atoms with Gasteiger partial charge in [0, 0.05) is 5.02 Å². The molecule has 2 atom stereocenters. The summed E-state index contributed by atoms with van der Waals surface area (Å²) in [7, 11) is 0. The number of hydrogen-bond acceptors (Lipinski definition) is 1. The second kappa shape index (κ2) is 6.76. The molecule has 0 fully saturated rings. The van der Waals surface area contributed by atoms with Crippen molar-refractivity contribution in [2.24, 2.45) is 5.41 Å². The van der Waals surface area contributed by atoms with Crippen molar-refractivity contribution in [3.8, 4) is 0 Å². The van der Waals surface area contributed by atoms with E-state index in [2.05, 4.69) is 42.0 Å². The van der Waals surface area contributed by atoms with Crippen LogP contribution in [-0.2, 0) is 4.79 Å². The minimum atomic E-state index is -0.195. The molecule has 0 heterocycles. The molecule has 0 aromatic heterocycles. The topological polar surface area (TPSA) is 29.1 Å². The van der Waals surface area contributed by atoms with Crippen LogP contribution in [0.2, 0.25) is 5.02 Å². The molecule has 1 rings (SSSR count). The van der Waals surface area contributed by atoms with Gasteiger partial charge >= 0.3 is 0 Å². The van der Waals surface area contributed by atoms with Crippen LogP contribution >= 0.6 is 27.5 Å². The quantitative estimate of drug-likeness (QED) is 0.768. The van der Waals surface area contributed by atoms with E-state index in [0.717, 1.165) is 12.0 Å². The first kappa shape index (κ1) is 16.5.